The van der Waals surface area contributed by atoms with E-state index in [0.717, 1.165) is 41.6 Å². The fourth-order valence-electron chi connectivity index (χ4n) is 3.42. The van der Waals surface area contributed by atoms with E-state index in [1.165, 1.54) is 5.39 Å². The van der Waals surface area contributed by atoms with Crippen molar-refractivity contribution in [2.45, 2.75) is 31.7 Å². The van der Waals surface area contributed by atoms with Crippen LogP contribution >= 0.6 is 0 Å². The lowest BCUT2D eigenvalue weighted by Crippen LogP contribution is -2.39. The minimum absolute atomic E-state index is 0.0920. The second-order valence-electron chi connectivity index (χ2n) is 6.15. The molecule has 1 heterocycles. The van der Waals surface area contributed by atoms with Gasteiger partial charge in [-0.3, -0.25) is 4.79 Å². The maximum absolute atomic E-state index is 12.4. The Labute approximate surface area is 134 Å². The zero-order valence-corrected chi connectivity index (χ0v) is 12.9. The number of hydrogen-bond acceptors (Lipinski definition) is 2. The molecular formula is C19H19N3O. The van der Waals surface area contributed by atoms with Crippen molar-refractivity contribution in [3.8, 4) is 0 Å². The van der Waals surface area contributed by atoms with Gasteiger partial charge in [0.2, 0.25) is 5.91 Å². The van der Waals surface area contributed by atoms with Gasteiger partial charge in [0.15, 0.2) is 0 Å². The standard InChI is InChI=1S/C19H19N3O/c23-19(22-15-8-9-17-18(11-15)21-12-20-17)10-14-6-3-5-13-4-1-2-7-16(13)14/h1-7,12,15H,8-11H2,(H,20,21)(H,22,23). The largest absolute Gasteiger partial charge is 0.353 e. The summed E-state index contributed by atoms with van der Waals surface area (Å²) in [5, 5.41) is 5.51. The molecule has 3 aromatic rings. The molecule has 4 nitrogen and oxygen atoms in total. The summed E-state index contributed by atoms with van der Waals surface area (Å²) in [7, 11) is 0. The van der Waals surface area contributed by atoms with E-state index >= 15 is 0 Å². The van der Waals surface area contributed by atoms with E-state index in [1.807, 2.05) is 24.3 Å². The SMILES string of the molecule is O=C(Cc1cccc2ccccc12)NC1CCc2nc[nH]c2C1. The van der Waals surface area contributed by atoms with E-state index in [1.54, 1.807) is 6.33 Å². The fraction of sp³-hybridized carbons (Fsp3) is 0.263. The van der Waals surface area contributed by atoms with Crippen molar-refractivity contribution in [1.29, 1.82) is 0 Å². The number of aromatic nitrogens is 2. The summed E-state index contributed by atoms with van der Waals surface area (Å²) >= 11 is 0. The average molecular weight is 305 g/mol. The van der Waals surface area contributed by atoms with Gasteiger partial charge in [-0.15, -0.1) is 0 Å². The van der Waals surface area contributed by atoms with Gasteiger partial charge in [0.05, 0.1) is 18.4 Å². The van der Waals surface area contributed by atoms with E-state index in [-0.39, 0.29) is 11.9 Å². The van der Waals surface area contributed by atoms with Gasteiger partial charge in [0.25, 0.3) is 0 Å². The molecule has 1 aliphatic rings. The third-order valence-corrected chi connectivity index (χ3v) is 4.58. The van der Waals surface area contributed by atoms with Crippen molar-refractivity contribution in [2.75, 3.05) is 0 Å². The van der Waals surface area contributed by atoms with Gasteiger partial charge in [0, 0.05) is 18.2 Å². The number of fused-ring (bicyclic) bond motifs is 2. The molecule has 2 N–H and O–H groups in total. The number of aromatic amines is 1. The van der Waals surface area contributed by atoms with Gasteiger partial charge in [-0.2, -0.15) is 0 Å². The van der Waals surface area contributed by atoms with Gasteiger partial charge in [-0.1, -0.05) is 42.5 Å². The predicted octanol–water partition coefficient (Wildman–Crippen LogP) is 2.78. The summed E-state index contributed by atoms with van der Waals surface area (Å²) in [5.41, 5.74) is 3.38. The Morgan fingerprint density at radius 2 is 2.09 bits per heavy atom. The highest BCUT2D eigenvalue weighted by atomic mass is 16.1. The van der Waals surface area contributed by atoms with Gasteiger partial charge in [-0.05, 0) is 29.2 Å². The first kappa shape index (κ1) is 14.0. The summed E-state index contributed by atoms with van der Waals surface area (Å²) in [6.07, 6.45) is 4.90. The molecule has 0 bridgehead atoms. The highest BCUT2D eigenvalue weighted by molar-refractivity contribution is 5.90. The van der Waals surface area contributed by atoms with Crippen molar-refractivity contribution in [1.82, 2.24) is 15.3 Å². The topological polar surface area (TPSA) is 57.8 Å². The lowest BCUT2D eigenvalue weighted by Gasteiger charge is -2.22. The third kappa shape index (κ3) is 2.84. The molecule has 0 saturated carbocycles. The third-order valence-electron chi connectivity index (χ3n) is 4.58. The number of benzene rings is 2. The predicted molar refractivity (Wildman–Crippen MR) is 90.2 cm³/mol. The summed E-state index contributed by atoms with van der Waals surface area (Å²) in [5.74, 6) is 0.0920. The Balaban J connectivity index is 1.46. The molecule has 4 heteroatoms. The molecule has 1 amide bonds. The lowest BCUT2D eigenvalue weighted by molar-refractivity contribution is -0.121. The quantitative estimate of drug-likeness (QED) is 0.782. The van der Waals surface area contributed by atoms with Crippen LogP contribution < -0.4 is 5.32 Å². The average Bonchev–Trinajstić information content (AvgIpc) is 3.03. The monoisotopic (exact) mass is 305 g/mol. The summed E-state index contributed by atoms with van der Waals surface area (Å²) in [6.45, 7) is 0. The highest BCUT2D eigenvalue weighted by Crippen LogP contribution is 2.20. The van der Waals surface area contributed by atoms with Crippen LogP contribution in [0.15, 0.2) is 48.8 Å². The molecule has 23 heavy (non-hydrogen) atoms. The molecule has 116 valence electrons. The molecule has 2 aromatic carbocycles. The van der Waals surface area contributed by atoms with Crippen molar-refractivity contribution in [3.05, 3.63) is 65.7 Å². The van der Waals surface area contributed by atoms with E-state index in [2.05, 4.69) is 33.5 Å². The molecular weight excluding hydrogens is 286 g/mol. The van der Waals surface area contributed by atoms with Gasteiger partial charge in [-0.25, -0.2) is 4.98 Å². The van der Waals surface area contributed by atoms with E-state index in [4.69, 9.17) is 0 Å². The summed E-state index contributed by atoms with van der Waals surface area (Å²) in [4.78, 5) is 19.9. The zero-order chi connectivity index (χ0) is 15.6. The zero-order valence-electron chi connectivity index (χ0n) is 12.9. The van der Waals surface area contributed by atoms with E-state index in [0.29, 0.717) is 6.42 Å². The van der Waals surface area contributed by atoms with Crippen LogP contribution in [0.3, 0.4) is 0 Å². The van der Waals surface area contributed by atoms with Crippen molar-refractivity contribution >= 4 is 16.7 Å². The van der Waals surface area contributed by atoms with Crippen molar-refractivity contribution in [2.24, 2.45) is 0 Å². The van der Waals surface area contributed by atoms with E-state index in [9.17, 15) is 4.79 Å². The number of imidazole rings is 1. The Hall–Kier alpha value is -2.62. The Morgan fingerprint density at radius 1 is 1.22 bits per heavy atom. The molecule has 4 rings (SSSR count). The normalized spacial score (nSPS) is 17.0. The van der Waals surface area contributed by atoms with Gasteiger partial charge < -0.3 is 10.3 Å². The first-order chi connectivity index (χ1) is 11.3. The molecule has 0 fully saturated rings. The van der Waals surface area contributed by atoms with Crippen LogP contribution in [0.25, 0.3) is 10.8 Å². The minimum Gasteiger partial charge on any atom is -0.353 e. The van der Waals surface area contributed by atoms with Crippen LogP contribution in [0, 0.1) is 0 Å². The Bertz CT molecular complexity index is 847. The molecule has 0 spiro atoms. The summed E-state index contributed by atoms with van der Waals surface area (Å²) in [6, 6.07) is 14.5. The Kier molecular flexibility index (Phi) is 3.58. The second-order valence-corrected chi connectivity index (χ2v) is 6.15. The van der Waals surface area contributed by atoms with Crippen molar-refractivity contribution in [3.63, 3.8) is 0 Å². The highest BCUT2D eigenvalue weighted by Gasteiger charge is 2.22. The summed E-state index contributed by atoms with van der Waals surface area (Å²) < 4.78 is 0. The lowest BCUT2D eigenvalue weighted by atomic mass is 9.95. The molecule has 1 unspecified atom stereocenters. The molecule has 1 aromatic heterocycles. The number of nitrogens with one attached hydrogen (secondary N) is 2. The maximum Gasteiger partial charge on any atom is 0.224 e. The minimum atomic E-state index is 0.0920. The number of aryl methyl sites for hydroxylation is 1. The number of rotatable bonds is 3. The molecule has 0 aliphatic heterocycles. The first-order valence-electron chi connectivity index (χ1n) is 8.07. The fourth-order valence-corrected chi connectivity index (χ4v) is 3.42. The van der Waals surface area contributed by atoms with Crippen LogP contribution in [0.4, 0.5) is 0 Å². The van der Waals surface area contributed by atoms with Crippen molar-refractivity contribution < 1.29 is 4.79 Å². The number of nitrogens with zero attached hydrogens (tertiary/aromatic N) is 1. The number of carbonyl (C=O) groups is 1. The molecule has 1 atom stereocenters. The van der Waals surface area contributed by atoms with Crippen LogP contribution in [0.5, 0.6) is 0 Å². The number of hydrogen-bond donors (Lipinski definition) is 2. The maximum atomic E-state index is 12.4. The molecule has 0 radical (unpaired) electrons. The van der Waals surface area contributed by atoms with Crippen LogP contribution in [0.2, 0.25) is 0 Å². The van der Waals surface area contributed by atoms with Crippen LogP contribution in [-0.2, 0) is 24.1 Å². The first-order valence-corrected chi connectivity index (χ1v) is 8.07. The van der Waals surface area contributed by atoms with Gasteiger partial charge >= 0.3 is 0 Å². The number of carbonyl (C=O) groups excluding carboxylic acids is 1. The van der Waals surface area contributed by atoms with Crippen LogP contribution in [-0.4, -0.2) is 21.9 Å². The number of amides is 1. The second kappa shape index (κ2) is 5.88. The van der Waals surface area contributed by atoms with E-state index < -0.39 is 0 Å². The number of H-pyrrole nitrogens is 1. The van der Waals surface area contributed by atoms with Gasteiger partial charge in [0.1, 0.15) is 0 Å². The smallest absolute Gasteiger partial charge is 0.224 e. The Morgan fingerprint density at radius 3 is 3.04 bits per heavy atom. The molecule has 0 saturated heterocycles. The molecule has 1 aliphatic carbocycles. The van der Waals surface area contributed by atoms with Crippen LogP contribution in [0.1, 0.15) is 23.4 Å².